The molecule has 0 saturated carbocycles. The minimum Gasteiger partial charge on any atom is -0.478 e. The van der Waals surface area contributed by atoms with Crippen LogP contribution in [0.25, 0.3) is 0 Å². The zero-order valence-electron chi connectivity index (χ0n) is 46.3. The Balaban J connectivity index is 3.25. The Morgan fingerprint density at radius 1 is 0.528 bits per heavy atom. The highest BCUT2D eigenvalue weighted by Crippen LogP contribution is 2.20. The summed E-state index contributed by atoms with van der Waals surface area (Å²) in [5, 5.41) is 16.0. The summed E-state index contributed by atoms with van der Waals surface area (Å²) in [6.45, 7) is 31.0. The Bertz CT molecular complexity index is 2020. The normalized spacial score (nSPS) is 12.7. The van der Waals surface area contributed by atoms with Gasteiger partial charge in [0.2, 0.25) is 17.8 Å². The van der Waals surface area contributed by atoms with Crippen molar-refractivity contribution in [2.45, 2.75) is 210 Å². The molecule has 22 heteroatoms. The van der Waals surface area contributed by atoms with Crippen LogP contribution in [0.3, 0.4) is 0 Å². The van der Waals surface area contributed by atoms with Gasteiger partial charge < -0.3 is 38.5 Å². The number of nitrogens with one attached hydrogen (secondary N) is 4. The van der Waals surface area contributed by atoms with Crippen LogP contribution in [0.2, 0.25) is 0 Å². The van der Waals surface area contributed by atoms with E-state index in [9.17, 15) is 28.8 Å². The SMILES string of the molecule is CC(C)(C)OC(=O)N=C(NCCCCCCCCN(C(=O)OC(C)(C)C)C(=NC(=O)OC(C)(C)C)N(CCCCOc1ccc(C(=N)NC(=O)OC(C)(C)C)cn1)C(=O)OC(C)(C)C)NC(=O)OC(C)(C)C. The van der Waals surface area contributed by atoms with Crippen molar-refractivity contribution in [2.24, 2.45) is 9.98 Å². The lowest BCUT2D eigenvalue weighted by Crippen LogP contribution is -2.53. The number of pyridine rings is 1. The van der Waals surface area contributed by atoms with Crippen molar-refractivity contribution in [2.75, 3.05) is 26.2 Å². The zero-order chi connectivity index (χ0) is 55.3. The quantitative estimate of drug-likeness (QED) is 0.0519. The molecule has 0 fully saturated rings. The fourth-order valence-electron chi connectivity index (χ4n) is 5.65. The van der Waals surface area contributed by atoms with Crippen molar-refractivity contribution in [3.05, 3.63) is 23.9 Å². The number of carbonyl (C=O) groups excluding carboxylic acids is 6. The van der Waals surface area contributed by atoms with Crippen molar-refractivity contribution in [1.29, 1.82) is 5.41 Å². The maximum absolute atomic E-state index is 14.1. The predicted octanol–water partition coefficient (Wildman–Crippen LogP) is 10.6. The lowest BCUT2D eigenvalue weighted by Gasteiger charge is -2.34. The summed E-state index contributed by atoms with van der Waals surface area (Å²) in [5.41, 5.74) is -4.88. The van der Waals surface area contributed by atoms with Crippen LogP contribution in [-0.2, 0) is 28.4 Å². The first-order valence-corrected chi connectivity index (χ1v) is 24.4. The van der Waals surface area contributed by atoms with E-state index in [-0.39, 0.29) is 49.8 Å². The second-order valence-corrected chi connectivity index (χ2v) is 22.7. The predicted molar refractivity (Wildman–Crippen MR) is 273 cm³/mol. The molecule has 22 nitrogen and oxygen atoms in total. The van der Waals surface area contributed by atoms with Crippen LogP contribution < -0.4 is 20.7 Å². The van der Waals surface area contributed by atoms with E-state index >= 15 is 0 Å². The molecule has 1 aromatic heterocycles. The van der Waals surface area contributed by atoms with Crippen LogP contribution in [0.5, 0.6) is 5.88 Å². The molecule has 0 aliphatic heterocycles. The number of hydrogen-bond donors (Lipinski definition) is 4. The van der Waals surface area contributed by atoms with Gasteiger partial charge >= 0.3 is 36.6 Å². The topological polar surface area (TPSA) is 271 Å². The minimum atomic E-state index is -1.04. The Morgan fingerprint density at radius 3 is 1.39 bits per heavy atom. The van der Waals surface area contributed by atoms with E-state index in [0.717, 1.165) is 29.1 Å². The third kappa shape index (κ3) is 31.2. The highest BCUT2D eigenvalue weighted by Gasteiger charge is 2.35. The summed E-state index contributed by atoms with van der Waals surface area (Å²) >= 11 is 0. The van der Waals surface area contributed by atoms with E-state index < -0.39 is 70.2 Å². The van der Waals surface area contributed by atoms with Gasteiger partial charge in [0.15, 0.2) is 0 Å². The number of amides is 6. The molecule has 0 spiro atoms. The van der Waals surface area contributed by atoms with Gasteiger partial charge in [0.25, 0.3) is 0 Å². The summed E-state index contributed by atoms with van der Waals surface area (Å²) in [6, 6.07) is 3.11. The molecular weight excluding hydrogens is 935 g/mol. The maximum atomic E-state index is 14.1. The van der Waals surface area contributed by atoms with Crippen LogP contribution in [0, 0.1) is 5.41 Å². The number of carbonyl (C=O) groups is 6. The molecule has 1 rings (SSSR count). The van der Waals surface area contributed by atoms with Crippen molar-refractivity contribution in [1.82, 2.24) is 30.7 Å². The summed E-state index contributed by atoms with van der Waals surface area (Å²) in [6.07, 6.45) is 0.851. The van der Waals surface area contributed by atoms with Gasteiger partial charge in [-0.05, 0) is 156 Å². The molecule has 0 bridgehead atoms. The first-order chi connectivity index (χ1) is 32.8. The van der Waals surface area contributed by atoms with Gasteiger partial charge in [0.1, 0.15) is 39.4 Å². The summed E-state index contributed by atoms with van der Waals surface area (Å²) in [7, 11) is 0. The minimum absolute atomic E-state index is 0.00769. The number of alkyl carbamates (subject to hydrolysis) is 2. The van der Waals surface area contributed by atoms with Gasteiger partial charge in [0.05, 0.1) is 6.61 Å². The molecular formula is C50H85N9O13. The second-order valence-electron chi connectivity index (χ2n) is 22.7. The summed E-state index contributed by atoms with van der Waals surface area (Å²) in [4.78, 5) is 93.3. The molecule has 0 unspecified atom stereocenters. The number of nitrogens with zero attached hydrogens (tertiary/aromatic N) is 5. The highest BCUT2D eigenvalue weighted by atomic mass is 16.6. The second kappa shape index (κ2) is 28.1. The van der Waals surface area contributed by atoms with E-state index in [4.69, 9.17) is 38.6 Å². The van der Waals surface area contributed by atoms with Crippen molar-refractivity contribution >= 4 is 54.3 Å². The zero-order valence-corrected chi connectivity index (χ0v) is 46.3. The number of unbranched alkanes of at least 4 members (excludes halogenated alkanes) is 6. The number of amidine groups is 1. The highest BCUT2D eigenvalue weighted by molar-refractivity contribution is 6.05. The van der Waals surface area contributed by atoms with E-state index in [2.05, 4.69) is 30.9 Å². The Kier molecular flexibility index (Phi) is 24.9. The van der Waals surface area contributed by atoms with E-state index in [1.165, 1.54) is 6.20 Å². The molecule has 0 saturated heterocycles. The first kappa shape index (κ1) is 63.8. The molecule has 1 aromatic rings. The molecule has 0 aliphatic rings. The molecule has 4 N–H and O–H groups in total. The van der Waals surface area contributed by atoms with Crippen molar-refractivity contribution in [3.8, 4) is 5.88 Å². The van der Waals surface area contributed by atoms with Gasteiger partial charge in [-0.3, -0.25) is 16.0 Å². The molecule has 1 heterocycles. The van der Waals surface area contributed by atoms with Crippen molar-refractivity contribution < 1.29 is 61.9 Å². The first-order valence-electron chi connectivity index (χ1n) is 24.4. The monoisotopic (exact) mass is 1020 g/mol. The molecule has 72 heavy (non-hydrogen) atoms. The number of hydrogen-bond acceptors (Lipinski definition) is 15. The molecule has 0 aliphatic carbocycles. The lowest BCUT2D eigenvalue weighted by molar-refractivity contribution is 0.0268. The maximum Gasteiger partial charge on any atom is 0.437 e. The van der Waals surface area contributed by atoms with E-state index in [0.29, 0.717) is 37.8 Å². The standard InChI is InChI=1S/C50H85N9O13/c1-45(2,3)67-39(60)54-36(51)34-27-28-35(53-33-34)66-32-26-25-31-59(44(65)72-50(16,17)18)38(57-42(63)70-48(10,11)12)58(43(64)71-49(13,14)15)30-24-22-20-19-21-23-29-52-37(55-40(61)68-46(4,5)6)56-41(62)69-47(7,8)9/h27-28,33H,19-26,29-32H2,1-18H3,(H2,51,54,60)(H2,52,55,56,61,62). The van der Waals surface area contributed by atoms with Crippen LogP contribution in [0.4, 0.5) is 28.8 Å². The fourth-order valence-corrected chi connectivity index (χ4v) is 5.65. The number of ether oxygens (including phenoxy) is 7. The van der Waals surface area contributed by atoms with E-state index in [1.54, 1.807) is 137 Å². The Labute approximate surface area is 426 Å². The van der Waals surface area contributed by atoms with E-state index in [1.807, 2.05) is 0 Å². The molecule has 0 radical (unpaired) electrons. The molecule has 6 amide bonds. The fraction of sp³-hybridized carbons (Fsp3) is 0.720. The smallest absolute Gasteiger partial charge is 0.437 e. The number of aromatic nitrogens is 1. The number of rotatable bonds is 16. The van der Waals surface area contributed by atoms with Crippen LogP contribution in [0.15, 0.2) is 28.3 Å². The van der Waals surface area contributed by atoms with Crippen molar-refractivity contribution in [3.63, 3.8) is 0 Å². The van der Waals surface area contributed by atoms with Crippen LogP contribution >= 0.6 is 0 Å². The van der Waals surface area contributed by atoms with Gasteiger partial charge in [-0.1, -0.05) is 25.7 Å². The van der Waals surface area contributed by atoms with Gasteiger partial charge in [-0.15, -0.1) is 9.98 Å². The lowest BCUT2D eigenvalue weighted by atomic mass is 10.1. The van der Waals surface area contributed by atoms with Crippen LogP contribution in [-0.4, -0.2) is 129 Å². The van der Waals surface area contributed by atoms with Gasteiger partial charge in [-0.25, -0.2) is 43.6 Å². The van der Waals surface area contributed by atoms with Gasteiger partial charge in [-0.2, -0.15) is 0 Å². The molecule has 0 atom stereocenters. The summed E-state index contributed by atoms with van der Waals surface area (Å²) < 4.78 is 38.8. The third-order valence-corrected chi connectivity index (χ3v) is 8.29. The summed E-state index contributed by atoms with van der Waals surface area (Å²) in [5.74, 6) is -0.386. The Hall–Kier alpha value is -6.22. The Morgan fingerprint density at radius 2 is 0.944 bits per heavy atom. The largest absolute Gasteiger partial charge is 0.478 e. The number of aliphatic imine (C=N–C) groups is 2. The number of guanidine groups is 2. The average molecular weight is 1020 g/mol. The molecule has 0 aromatic carbocycles. The third-order valence-electron chi connectivity index (χ3n) is 8.29. The van der Waals surface area contributed by atoms with Gasteiger partial charge in [0, 0.05) is 37.5 Å². The average Bonchev–Trinajstić information content (AvgIpc) is 3.15. The molecule has 408 valence electrons. The van der Waals surface area contributed by atoms with Crippen LogP contribution in [0.1, 0.15) is 182 Å².